The largest absolute Gasteiger partial charge is 0.494 e. The summed E-state index contributed by atoms with van der Waals surface area (Å²) in [6.45, 7) is -0.00129. The quantitative estimate of drug-likeness (QED) is 0.347. The summed E-state index contributed by atoms with van der Waals surface area (Å²) in [5.74, 6) is -0.174. The van der Waals surface area contributed by atoms with Gasteiger partial charge in [-0.25, -0.2) is 14.4 Å². The predicted molar refractivity (Wildman–Crippen MR) is 133 cm³/mol. The van der Waals surface area contributed by atoms with Crippen molar-refractivity contribution in [2.45, 2.75) is 50.6 Å². The number of ether oxygens (including phenoxy) is 2. The van der Waals surface area contributed by atoms with Crippen LogP contribution in [0.4, 0.5) is 4.39 Å². The van der Waals surface area contributed by atoms with Crippen LogP contribution in [0.1, 0.15) is 48.9 Å². The van der Waals surface area contributed by atoms with Crippen molar-refractivity contribution in [2.75, 3.05) is 20.3 Å². The fourth-order valence-corrected chi connectivity index (χ4v) is 4.72. The Kier molecular flexibility index (Phi) is 7.22. The smallest absolute Gasteiger partial charge is 0.255 e. The van der Waals surface area contributed by atoms with Gasteiger partial charge in [-0.15, -0.1) is 0 Å². The number of amides is 2. The molecule has 2 fully saturated rings. The summed E-state index contributed by atoms with van der Waals surface area (Å²) in [5.41, 5.74) is 2.17. The molecule has 1 aromatic carbocycles. The highest BCUT2D eigenvalue weighted by molar-refractivity contribution is 6.08. The highest BCUT2D eigenvalue weighted by Crippen LogP contribution is 2.39. The van der Waals surface area contributed by atoms with Crippen LogP contribution in [0.5, 0.6) is 11.5 Å². The molecule has 2 heterocycles. The number of benzene rings is 1. The third-order valence-electron chi connectivity index (χ3n) is 6.96. The second kappa shape index (κ2) is 10.7. The monoisotopic (exact) mass is 511 g/mol. The number of aromatic amines is 1. The number of hydrogen-bond acceptors (Lipinski definition) is 7. The zero-order valence-corrected chi connectivity index (χ0v) is 20.6. The first-order chi connectivity index (χ1) is 18.0. The van der Waals surface area contributed by atoms with Gasteiger partial charge in [-0.05, 0) is 50.5 Å². The molecule has 4 N–H and O–H groups in total. The number of halogens is 1. The summed E-state index contributed by atoms with van der Waals surface area (Å²) >= 11 is 0. The Bertz CT molecular complexity index is 1300. The van der Waals surface area contributed by atoms with Gasteiger partial charge in [0.2, 0.25) is 5.91 Å². The minimum atomic E-state index is -0.543. The van der Waals surface area contributed by atoms with Crippen LogP contribution in [-0.2, 0) is 4.79 Å². The Hall–Kier alpha value is -3.73. The van der Waals surface area contributed by atoms with Crippen LogP contribution in [-0.4, -0.2) is 64.3 Å². The average molecular weight is 512 g/mol. The Labute approximate surface area is 213 Å². The van der Waals surface area contributed by atoms with E-state index >= 15 is 0 Å². The van der Waals surface area contributed by atoms with E-state index in [9.17, 15) is 14.0 Å². The van der Waals surface area contributed by atoms with Crippen LogP contribution >= 0.6 is 0 Å². The van der Waals surface area contributed by atoms with E-state index in [0.29, 0.717) is 71.8 Å². The van der Waals surface area contributed by atoms with Crippen molar-refractivity contribution in [1.29, 1.82) is 0 Å². The molecule has 2 aromatic heterocycles. The van der Waals surface area contributed by atoms with E-state index in [4.69, 9.17) is 14.6 Å². The summed E-state index contributed by atoms with van der Waals surface area (Å²) in [6, 6.07) is 2.81. The molecular formula is C26H30FN5O5. The SMILES string of the molecule is COc1cc(OCC2CC2)c(-c2ncnc3c(C(=O)N[C@H]4CC[C@H](NC(=O)CO)CC4)c[nH]c23)cc1F. The summed E-state index contributed by atoms with van der Waals surface area (Å²) in [6.07, 6.45) is 7.99. The minimum absolute atomic E-state index is 0.00240. The van der Waals surface area contributed by atoms with Crippen molar-refractivity contribution in [3.63, 3.8) is 0 Å². The lowest BCUT2D eigenvalue weighted by Crippen LogP contribution is -2.44. The fraction of sp³-hybridized carbons (Fsp3) is 0.462. The van der Waals surface area contributed by atoms with Crippen molar-refractivity contribution in [3.8, 4) is 22.8 Å². The van der Waals surface area contributed by atoms with Crippen molar-refractivity contribution in [3.05, 3.63) is 36.0 Å². The highest BCUT2D eigenvalue weighted by Gasteiger charge is 2.27. The third-order valence-corrected chi connectivity index (χ3v) is 6.96. The van der Waals surface area contributed by atoms with Gasteiger partial charge in [-0.3, -0.25) is 9.59 Å². The number of carbonyl (C=O) groups is 2. The Morgan fingerprint density at radius 3 is 2.49 bits per heavy atom. The zero-order chi connectivity index (χ0) is 25.9. The van der Waals surface area contributed by atoms with Crippen LogP contribution in [0.2, 0.25) is 0 Å². The molecule has 2 aliphatic rings. The van der Waals surface area contributed by atoms with Gasteiger partial charge in [0.25, 0.3) is 5.91 Å². The van der Waals surface area contributed by atoms with Gasteiger partial charge in [-0.1, -0.05) is 0 Å². The molecule has 37 heavy (non-hydrogen) atoms. The van der Waals surface area contributed by atoms with Gasteiger partial charge in [-0.2, -0.15) is 0 Å². The first-order valence-electron chi connectivity index (χ1n) is 12.5. The van der Waals surface area contributed by atoms with Gasteiger partial charge < -0.3 is 30.2 Å². The third kappa shape index (κ3) is 5.51. The molecule has 2 saturated carbocycles. The maximum atomic E-state index is 14.7. The van der Waals surface area contributed by atoms with Gasteiger partial charge >= 0.3 is 0 Å². The highest BCUT2D eigenvalue weighted by atomic mass is 19.1. The standard InChI is InChI=1S/C26H30FN5O5/c1-36-21-9-20(37-12-14-2-3-14)17(8-19(21)27)23-25-24(30-13-29-23)18(10-28-25)26(35)32-16-6-4-15(5-7-16)31-22(34)11-33/h8-10,13-16,28,33H,2-7,11-12H2,1H3,(H,31,34)(H,32,35)/t15-,16-. The van der Waals surface area contributed by atoms with E-state index in [2.05, 4.69) is 25.6 Å². The molecule has 2 amide bonds. The number of hydrogen-bond donors (Lipinski definition) is 4. The van der Waals surface area contributed by atoms with Crippen LogP contribution in [0, 0.1) is 11.7 Å². The number of rotatable bonds is 9. The van der Waals surface area contributed by atoms with Gasteiger partial charge in [0.15, 0.2) is 11.6 Å². The molecule has 10 nitrogen and oxygen atoms in total. The predicted octanol–water partition coefficient (Wildman–Crippen LogP) is 2.71. The van der Waals surface area contributed by atoms with E-state index in [-0.39, 0.29) is 29.6 Å². The molecule has 0 spiro atoms. The number of H-pyrrole nitrogens is 1. The number of aliphatic hydroxyl groups is 1. The number of carbonyl (C=O) groups excluding carboxylic acids is 2. The van der Waals surface area contributed by atoms with E-state index < -0.39 is 12.4 Å². The Morgan fingerprint density at radius 2 is 1.81 bits per heavy atom. The first-order valence-corrected chi connectivity index (χ1v) is 12.5. The van der Waals surface area contributed by atoms with E-state index in [1.807, 2.05) is 0 Å². The maximum absolute atomic E-state index is 14.7. The topological polar surface area (TPSA) is 138 Å². The number of aromatic nitrogens is 3. The molecule has 0 saturated heterocycles. The Balaban J connectivity index is 1.36. The van der Waals surface area contributed by atoms with E-state index in [0.717, 1.165) is 12.8 Å². The molecular weight excluding hydrogens is 481 g/mol. The maximum Gasteiger partial charge on any atom is 0.255 e. The van der Waals surface area contributed by atoms with Crippen LogP contribution < -0.4 is 20.1 Å². The van der Waals surface area contributed by atoms with Crippen LogP contribution in [0.25, 0.3) is 22.3 Å². The second-order valence-corrected chi connectivity index (χ2v) is 9.63. The van der Waals surface area contributed by atoms with Crippen molar-refractivity contribution in [1.82, 2.24) is 25.6 Å². The molecule has 3 aromatic rings. The number of methoxy groups -OCH3 is 1. The summed E-state index contributed by atoms with van der Waals surface area (Å²) < 4.78 is 25.9. The minimum Gasteiger partial charge on any atom is -0.494 e. The van der Waals surface area contributed by atoms with Gasteiger partial charge in [0.1, 0.15) is 29.9 Å². The molecule has 0 bridgehead atoms. The molecule has 11 heteroatoms. The first kappa shape index (κ1) is 24.9. The lowest BCUT2D eigenvalue weighted by molar-refractivity contribution is -0.124. The number of nitrogens with zero attached hydrogens (tertiary/aromatic N) is 2. The summed E-state index contributed by atoms with van der Waals surface area (Å²) in [4.78, 5) is 36.4. The number of aliphatic hydroxyl groups excluding tert-OH is 1. The second-order valence-electron chi connectivity index (χ2n) is 9.63. The molecule has 0 unspecified atom stereocenters. The van der Waals surface area contributed by atoms with Crippen molar-refractivity contribution in [2.24, 2.45) is 5.92 Å². The Morgan fingerprint density at radius 1 is 1.08 bits per heavy atom. The number of nitrogens with one attached hydrogen (secondary N) is 3. The van der Waals surface area contributed by atoms with E-state index in [1.165, 1.54) is 25.6 Å². The molecule has 2 aliphatic carbocycles. The van der Waals surface area contributed by atoms with Crippen LogP contribution in [0.15, 0.2) is 24.7 Å². The van der Waals surface area contributed by atoms with Gasteiger partial charge in [0, 0.05) is 29.9 Å². The normalized spacial score (nSPS) is 19.4. The average Bonchev–Trinajstić information content (AvgIpc) is 3.64. The van der Waals surface area contributed by atoms with Gasteiger partial charge in [0.05, 0.1) is 24.8 Å². The summed E-state index contributed by atoms with van der Waals surface area (Å²) in [5, 5.41) is 14.7. The molecule has 0 aliphatic heterocycles. The molecule has 5 rings (SSSR count). The van der Waals surface area contributed by atoms with Crippen molar-refractivity contribution < 1.29 is 28.6 Å². The molecule has 196 valence electrons. The molecule has 0 radical (unpaired) electrons. The van der Waals surface area contributed by atoms with Crippen molar-refractivity contribution >= 4 is 22.8 Å². The lowest BCUT2D eigenvalue weighted by atomic mass is 9.91. The number of fused-ring (bicyclic) bond motifs is 1. The lowest BCUT2D eigenvalue weighted by Gasteiger charge is -2.29. The summed E-state index contributed by atoms with van der Waals surface area (Å²) in [7, 11) is 1.40. The molecule has 0 atom stereocenters. The van der Waals surface area contributed by atoms with Crippen LogP contribution in [0.3, 0.4) is 0 Å². The zero-order valence-electron chi connectivity index (χ0n) is 20.6. The fourth-order valence-electron chi connectivity index (χ4n) is 4.72. The van der Waals surface area contributed by atoms with E-state index in [1.54, 1.807) is 6.20 Å².